The molecule has 0 bridgehead atoms. The Balaban J connectivity index is 1.63. The van der Waals surface area contributed by atoms with Crippen molar-refractivity contribution in [2.24, 2.45) is 4.99 Å². The highest BCUT2D eigenvalue weighted by Gasteiger charge is 2.01. The van der Waals surface area contributed by atoms with Crippen LogP contribution in [0, 0.1) is 13.8 Å². The van der Waals surface area contributed by atoms with E-state index in [1.807, 2.05) is 18.5 Å². The van der Waals surface area contributed by atoms with Gasteiger partial charge < -0.3 is 10.6 Å². The van der Waals surface area contributed by atoms with Gasteiger partial charge in [0.2, 0.25) is 0 Å². The lowest BCUT2D eigenvalue weighted by Gasteiger charge is -2.11. The van der Waals surface area contributed by atoms with Crippen molar-refractivity contribution in [1.29, 1.82) is 0 Å². The van der Waals surface area contributed by atoms with Gasteiger partial charge in [-0.3, -0.25) is 9.67 Å². The summed E-state index contributed by atoms with van der Waals surface area (Å²) in [5.74, 6) is 1.95. The van der Waals surface area contributed by atoms with Gasteiger partial charge in [0.15, 0.2) is 5.96 Å². The van der Waals surface area contributed by atoms with Crippen molar-refractivity contribution in [3.63, 3.8) is 0 Å². The number of nitrogens with zero attached hydrogens (tertiary/aromatic N) is 4. The Kier molecular flexibility index (Phi) is 8.82. The second-order valence-electron chi connectivity index (χ2n) is 5.69. The maximum absolute atomic E-state index is 4.64. The summed E-state index contributed by atoms with van der Waals surface area (Å²) in [6.07, 6.45) is 3.92. The minimum absolute atomic E-state index is 0.825. The van der Waals surface area contributed by atoms with Gasteiger partial charge in [0.1, 0.15) is 4.34 Å². The number of aryl methyl sites for hydroxylation is 3. The Labute approximate surface area is 158 Å². The summed E-state index contributed by atoms with van der Waals surface area (Å²) in [6.45, 7) is 9.73. The van der Waals surface area contributed by atoms with Gasteiger partial charge in [-0.1, -0.05) is 11.8 Å². The fraction of sp³-hybridized carbons (Fsp3) is 0.588. The molecule has 2 heterocycles. The van der Waals surface area contributed by atoms with Gasteiger partial charge in [-0.2, -0.15) is 5.10 Å². The predicted octanol–water partition coefficient (Wildman–Crippen LogP) is 3.08. The van der Waals surface area contributed by atoms with Crippen molar-refractivity contribution < 1.29 is 0 Å². The van der Waals surface area contributed by atoms with E-state index in [0.717, 1.165) is 60.8 Å². The van der Waals surface area contributed by atoms with Crippen LogP contribution < -0.4 is 10.6 Å². The highest BCUT2D eigenvalue weighted by atomic mass is 32.2. The number of nitrogens with one attached hydrogen (secondary N) is 2. The average molecular weight is 381 g/mol. The van der Waals surface area contributed by atoms with E-state index in [1.54, 1.807) is 23.1 Å². The molecular formula is C17H28N6S2. The lowest BCUT2D eigenvalue weighted by Crippen LogP contribution is -2.38. The van der Waals surface area contributed by atoms with E-state index >= 15 is 0 Å². The van der Waals surface area contributed by atoms with Crippen molar-refractivity contribution >= 4 is 29.1 Å². The summed E-state index contributed by atoms with van der Waals surface area (Å²) < 4.78 is 3.20. The van der Waals surface area contributed by atoms with Crippen LogP contribution in [0.15, 0.2) is 27.0 Å². The Morgan fingerprint density at radius 2 is 2.20 bits per heavy atom. The van der Waals surface area contributed by atoms with Crippen LogP contribution in [0.1, 0.15) is 31.2 Å². The Morgan fingerprint density at radius 3 is 2.88 bits per heavy atom. The molecule has 2 rings (SSSR count). The molecule has 2 N–H and O–H groups in total. The topological polar surface area (TPSA) is 67.1 Å². The van der Waals surface area contributed by atoms with Crippen LogP contribution >= 0.6 is 23.1 Å². The third-order valence-electron chi connectivity index (χ3n) is 3.49. The van der Waals surface area contributed by atoms with Crippen molar-refractivity contribution in [3.05, 3.63) is 29.0 Å². The number of thiazole rings is 1. The van der Waals surface area contributed by atoms with Crippen molar-refractivity contribution in [2.75, 3.05) is 25.4 Å². The van der Waals surface area contributed by atoms with Crippen molar-refractivity contribution in [2.45, 2.75) is 44.5 Å². The molecule has 0 aromatic carbocycles. The maximum Gasteiger partial charge on any atom is 0.191 e. The molecular weight excluding hydrogens is 352 g/mol. The summed E-state index contributed by atoms with van der Waals surface area (Å²) in [5.41, 5.74) is 2.30. The number of rotatable bonds is 10. The molecule has 2 aromatic heterocycles. The molecule has 0 amide bonds. The normalized spacial score (nSPS) is 11.7. The Bertz CT molecular complexity index is 636. The minimum Gasteiger partial charge on any atom is -0.357 e. The van der Waals surface area contributed by atoms with E-state index in [0.29, 0.717) is 0 Å². The molecule has 0 saturated carbocycles. The fourth-order valence-electron chi connectivity index (χ4n) is 2.38. The van der Waals surface area contributed by atoms with Crippen LogP contribution in [0.5, 0.6) is 0 Å². The zero-order valence-electron chi connectivity index (χ0n) is 15.3. The van der Waals surface area contributed by atoms with E-state index in [1.165, 1.54) is 5.69 Å². The predicted molar refractivity (Wildman–Crippen MR) is 108 cm³/mol. The first kappa shape index (κ1) is 19.8. The Morgan fingerprint density at radius 1 is 1.32 bits per heavy atom. The first-order valence-electron chi connectivity index (χ1n) is 8.74. The molecule has 0 unspecified atom stereocenters. The van der Waals surface area contributed by atoms with E-state index in [9.17, 15) is 0 Å². The quantitative estimate of drug-likeness (QED) is 0.287. The third kappa shape index (κ3) is 7.48. The molecule has 8 heteroatoms. The molecule has 0 spiro atoms. The van der Waals surface area contributed by atoms with Gasteiger partial charge in [-0.25, -0.2) is 4.98 Å². The van der Waals surface area contributed by atoms with Gasteiger partial charge in [-0.15, -0.1) is 11.3 Å². The number of hydrogen-bond donors (Lipinski definition) is 2. The Hall–Kier alpha value is -1.54. The summed E-state index contributed by atoms with van der Waals surface area (Å²) in [4.78, 5) is 8.92. The van der Waals surface area contributed by atoms with Crippen LogP contribution in [0.2, 0.25) is 0 Å². The van der Waals surface area contributed by atoms with E-state index in [4.69, 9.17) is 0 Å². The number of aromatic nitrogens is 3. The van der Waals surface area contributed by atoms with Crippen molar-refractivity contribution in [1.82, 2.24) is 25.4 Å². The van der Waals surface area contributed by atoms with E-state index < -0.39 is 0 Å². The van der Waals surface area contributed by atoms with Gasteiger partial charge in [-0.05, 0) is 39.7 Å². The molecule has 0 aliphatic rings. The standard InChI is InChI=1S/C17H28N6S2/c1-4-18-16(20-8-6-11-24-17-21-9-12-25-17)19-7-5-10-23-15(3)13-14(2)22-23/h9,12-13H,4-8,10-11H2,1-3H3,(H2,18,19,20). The van der Waals surface area contributed by atoms with Gasteiger partial charge >= 0.3 is 0 Å². The smallest absolute Gasteiger partial charge is 0.191 e. The summed E-state index contributed by atoms with van der Waals surface area (Å²) >= 11 is 3.50. The highest BCUT2D eigenvalue weighted by Crippen LogP contribution is 2.20. The molecule has 0 aliphatic heterocycles. The van der Waals surface area contributed by atoms with Crippen molar-refractivity contribution in [3.8, 4) is 0 Å². The lowest BCUT2D eigenvalue weighted by atomic mass is 10.4. The van der Waals surface area contributed by atoms with E-state index in [-0.39, 0.29) is 0 Å². The second-order valence-corrected chi connectivity index (χ2v) is 7.93. The molecule has 6 nitrogen and oxygen atoms in total. The lowest BCUT2D eigenvalue weighted by molar-refractivity contribution is 0.555. The molecule has 0 saturated heterocycles. The van der Waals surface area contributed by atoms with Crippen LogP contribution in [-0.4, -0.2) is 46.1 Å². The SMILES string of the molecule is CCNC(=NCCCSc1nccs1)NCCCn1nc(C)cc1C. The first-order chi connectivity index (χ1) is 12.2. The van der Waals surface area contributed by atoms with Crippen LogP contribution in [-0.2, 0) is 6.54 Å². The molecule has 0 atom stereocenters. The summed E-state index contributed by atoms with van der Waals surface area (Å²) in [7, 11) is 0. The van der Waals surface area contributed by atoms with E-state index in [2.05, 4.69) is 50.3 Å². The third-order valence-corrected chi connectivity index (χ3v) is 5.55. The fourth-order valence-corrected chi connectivity index (χ4v) is 4.01. The van der Waals surface area contributed by atoms with Crippen LogP contribution in [0.25, 0.3) is 0 Å². The zero-order valence-corrected chi connectivity index (χ0v) is 16.9. The van der Waals surface area contributed by atoms with Gasteiger partial charge in [0.05, 0.1) is 5.69 Å². The molecule has 138 valence electrons. The summed E-state index contributed by atoms with van der Waals surface area (Å²) in [5, 5.41) is 13.2. The second kappa shape index (κ2) is 11.1. The maximum atomic E-state index is 4.64. The molecule has 0 radical (unpaired) electrons. The average Bonchev–Trinajstić information content (AvgIpc) is 3.20. The minimum atomic E-state index is 0.825. The van der Waals surface area contributed by atoms with Crippen LogP contribution in [0.3, 0.4) is 0 Å². The van der Waals surface area contributed by atoms with Crippen LogP contribution in [0.4, 0.5) is 0 Å². The highest BCUT2D eigenvalue weighted by molar-refractivity contribution is 8.00. The summed E-state index contributed by atoms with van der Waals surface area (Å²) in [6, 6.07) is 2.11. The number of thioether (sulfide) groups is 1. The molecule has 25 heavy (non-hydrogen) atoms. The molecule has 2 aromatic rings. The number of aliphatic imine (C=N–C) groups is 1. The largest absolute Gasteiger partial charge is 0.357 e. The van der Waals surface area contributed by atoms with Gasteiger partial charge in [0.25, 0.3) is 0 Å². The van der Waals surface area contributed by atoms with Gasteiger partial charge in [0, 0.05) is 49.2 Å². The molecule has 0 aliphatic carbocycles. The molecule has 0 fully saturated rings. The number of hydrogen-bond acceptors (Lipinski definition) is 5. The zero-order chi connectivity index (χ0) is 17.9. The number of guanidine groups is 1. The monoisotopic (exact) mass is 380 g/mol. The first-order valence-corrected chi connectivity index (χ1v) is 10.6.